The molecule has 1 aromatic heterocycles. The number of nitrogens with two attached hydrogens (primary N) is 1. The molecule has 3 nitrogen and oxygen atoms in total. The Labute approximate surface area is 97.2 Å². The van der Waals surface area contributed by atoms with Crippen molar-refractivity contribution in [3.05, 3.63) is 23.9 Å². The lowest BCUT2D eigenvalue weighted by molar-refractivity contribution is -0.154. The number of hydrogen-bond acceptors (Lipinski definition) is 3. The predicted molar refractivity (Wildman–Crippen MR) is 55.6 cm³/mol. The summed E-state index contributed by atoms with van der Waals surface area (Å²) < 4.78 is 39.8. The molecule has 0 amide bonds. The highest BCUT2D eigenvalue weighted by atomic mass is 35.5. The number of rotatable bonds is 3. The third kappa shape index (κ3) is 5.18. The molecule has 7 heteroatoms. The van der Waals surface area contributed by atoms with Crippen molar-refractivity contribution in [3.8, 4) is 5.88 Å². The molecule has 0 aliphatic rings. The van der Waals surface area contributed by atoms with E-state index in [0.29, 0.717) is 0 Å². The van der Waals surface area contributed by atoms with Crippen LogP contribution in [0.5, 0.6) is 5.88 Å². The molecule has 0 radical (unpaired) electrons. The molecule has 0 aliphatic carbocycles. The number of alkyl halides is 3. The molecule has 0 aromatic carbocycles. The monoisotopic (exact) mass is 256 g/mol. The molecular weight excluding hydrogens is 245 g/mol. The van der Waals surface area contributed by atoms with Crippen LogP contribution in [0.25, 0.3) is 0 Å². The SMILES string of the molecule is CC(N)c1ccc(OCC(F)(F)F)nc1.Cl. The summed E-state index contributed by atoms with van der Waals surface area (Å²) in [4.78, 5) is 3.70. The largest absolute Gasteiger partial charge is 0.468 e. The van der Waals surface area contributed by atoms with Crippen LogP contribution in [0.2, 0.25) is 0 Å². The topological polar surface area (TPSA) is 48.1 Å². The van der Waals surface area contributed by atoms with E-state index >= 15 is 0 Å². The fourth-order valence-electron chi connectivity index (χ4n) is 0.902. The lowest BCUT2D eigenvalue weighted by Gasteiger charge is -2.09. The molecule has 0 saturated carbocycles. The maximum absolute atomic E-state index is 11.8. The third-order valence-electron chi connectivity index (χ3n) is 1.67. The fraction of sp³-hybridized carbons (Fsp3) is 0.444. The summed E-state index contributed by atoms with van der Waals surface area (Å²) in [6.45, 7) is 0.421. The van der Waals surface area contributed by atoms with E-state index in [0.717, 1.165) is 5.56 Å². The summed E-state index contributed by atoms with van der Waals surface area (Å²) in [6, 6.07) is 2.75. The van der Waals surface area contributed by atoms with Gasteiger partial charge in [0.1, 0.15) is 0 Å². The maximum Gasteiger partial charge on any atom is 0.422 e. The quantitative estimate of drug-likeness (QED) is 0.904. The van der Waals surface area contributed by atoms with Crippen LogP contribution in [-0.4, -0.2) is 17.8 Å². The van der Waals surface area contributed by atoms with E-state index in [9.17, 15) is 13.2 Å². The molecule has 2 N–H and O–H groups in total. The van der Waals surface area contributed by atoms with Crippen LogP contribution in [0, 0.1) is 0 Å². The van der Waals surface area contributed by atoms with Crippen molar-refractivity contribution in [2.24, 2.45) is 5.73 Å². The van der Waals surface area contributed by atoms with Crippen LogP contribution < -0.4 is 10.5 Å². The molecule has 0 spiro atoms. The Morgan fingerprint density at radius 3 is 2.44 bits per heavy atom. The van der Waals surface area contributed by atoms with Crippen LogP contribution in [-0.2, 0) is 0 Å². The Kier molecular flexibility index (Phi) is 5.53. The van der Waals surface area contributed by atoms with Gasteiger partial charge >= 0.3 is 6.18 Å². The Morgan fingerprint density at radius 1 is 1.44 bits per heavy atom. The molecular formula is C9H12ClF3N2O. The van der Waals surface area contributed by atoms with Crippen molar-refractivity contribution in [2.75, 3.05) is 6.61 Å². The van der Waals surface area contributed by atoms with Gasteiger partial charge in [-0.25, -0.2) is 4.98 Å². The van der Waals surface area contributed by atoms with Gasteiger partial charge in [0.25, 0.3) is 0 Å². The van der Waals surface area contributed by atoms with E-state index in [1.165, 1.54) is 12.3 Å². The summed E-state index contributed by atoms with van der Waals surface area (Å²) in [5.74, 6) is -0.0586. The highest BCUT2D eigenvalue weighted by molar-refractivity contribution is 5.85. The first-order valence-electron chi connectivity index (χ1n) is 4.29. The van der Waals surface area contributed by atoms with Gasteiger partial charge in [-0.05, 0) is 12.5 Å². The Hall–Kier alpha value is -1.01. The highest BCUT2D eigenvalue weighted by Gasteiger charge is 2.28. The molecule has 1 heterocycles. The number of halogens is 4. The van der Waals surface area contributed by atoms with Crippen LogP contribution in [0.15, 0.2) is 18.3 Å². The first-order valence-corrected chi connectivity index (χ1v) is 4.29. The standard InChI is InChI=1S/C9H11F3N2O.ClH/c1-6(13)7-2-3-8(14-4-7)15-5-9(10,11)12;/h2-4,6H,5,13H2,1H3;1H. The first-order chi connectivity index (χ1) is 6.88. The van der Waals surface area contributed by atoms with Gasteiger partial charge in [0.05, 0.1) is 0 Å². The number of aromatic nitrogens is 1. The van der Waals surface area contributed by atoms with Crippen molar-refractivity contribution in [3.63, 3.8) is 0 Å². The minimum atomic E-state index is -4.35. The Bertz CT molecular complexity index is 314. The second kappa shape index (κ2) is 5.91. The fourth-order valence-corrected chi connectivity index (χ4v) is 0.902. The zero-order valence-electron chi connectivity index (χ0n) is 8.49. The summed E-state index contributed by atoms with van der Waals surface area (Å²) in [6.07, 6.45) is -2.95. The van der Waals surface area contributed by atoms with Crippen molar-refractivity contribution < 1.29 is 17.9 Å². The molecule has 16 heavy (non-hydrogen) atoms. The van der Waals surface area contributed by atoms with Gasteiger partial charge in [-0.3, -0.25) is 0 Å². The zero-order chi connectivity index (χ0) is 11.5. The van der Waals surface area contributed by atoms with E-state index < -0.39 is 12.8 Å². The van der Waals surface area contributed by atoms with Gasteiger partial charge in [0.2, 0.25) is 5.88 Å². The molecule has 1 atom stereocenters. The highest BCUT2D eigenvalue weighted by Crippen LogP contribution is 2.17. The minimum absolute atomic E-state index is 0. The van der Waals surface area contributed by atoms with Crippen LogP contribution in [0.1, 0.15) is 18.5 Å². The average Bonchev–Trinajstić information content (AvgIpc) is 2.14. The van der Waals surface area contributed by atoms with Gasteiger partial charge in [-0.2, -0.15) is 13.2 Å². The molecule has 92 valence electrons. The number of nitrogens with zero attached hydrogens (tertiary/aromatic N) is 1. The Morgan fingerprint density at radius 2 is 2.06 bits per heavy atom. The van der Waals surface area contributed by atoms with Crippen molar-refractivity contribution in [1.29, 1.82) is 0 Å². The van der Waals surface area contributed by atoms with Crippen molar-refractivity contribution in [1.82, 2.24) is 4.98 Å². The van der Waals surface area contributed by atoms with Gasteiger partial charge in [-0.15, -0.1) is 12.4 Å². The Balaban J connectivity index is 0.00000225. The summed E-state index contributed by atoms with van der Waals surface area (Å²) in [5.41, 5.74) is 6.29. The zero-order valence-corrected chi connectivity index (χ0v) is 9.31. The smallest absolute Gasteiger partial charge is 0.422 e. The third-order valence-corrected chi connectivity index (χ3v) is 1.67. The number of hydrogen-bond donors (Lipinski definition) is 1. The number of ether oxygens (including phenoxy) is 1. The van der Waals surface area contributed by atoms with E-state index in [1.54, 1.807) is 13.0 Å². The molecule has 0 aliphatic heterocycles. The van der Waals surface area contributed by atoms with Crippen LogP contribution in [0.4, 0.5) is 13.2 Å². The van der Waals surface area contributed by atoms with E-state index in [-0.39, 0.29) is 24.3 Å². The average molecular weight is 257 g/mol. The molecule has 0 bridgehead atoms. The van der Waals surface area contributed by atoms with E-state index in [2.05, 4.69) is 9.72 Å². The molecule has 1 rings (SSSR count). The summed E-state index contributed by atoms with van der Waals surface area (Å²) >= 11 is 0. The van der Waals surface area contributed by atoms with E-state index in [4.69, 9.17) is 5.73 Å². The normalized spacial score (nSPS) is 12.8. The summed E-state index contributed by atoms with van der Waals surface area (Å²) in [5, 5.41) is 0. The lowest BCUT2D eigenvalue weighted by atomic mass is 10.2. The van der Waals surface area contributed by atoms with Crippen LogP contribution >= 0.6 is 12.4 Å². The molecule has 1 unspecified atom stereocenters. The van der Waals surface area contributed by atoms with Crippen molar-refractivity contribution >= 4 is 12.4 Å². The van der Waals surface area contributed by atoms with Gasteiger partial charge in [0, 0.05) is 18.3 Å². The summed E-state index contributed by atoms with van der Waals surface area (Å²) in [7, 11) is 0. The maximum atomic E-state index is 11.8. The number of pyridine rings is 1. The second-order valence-electron chi connectivity index (χ2n) is 3.12. The van der Waals surface area contributed by atoms with Gasteiger partial charge in [0.15, 0.2) is 6.61 Å². The lowest BCUT2D eigenvalue weighted by Crippen LogP contribution is -2.19. The first kappa shape index (κ1) is 15.0. The molecule has 1 aromatic rings. The van der Waals surface area contributed by atoms with Crippen molar-refractivity contribution in [2.45, 2.75) is 19.1 Å². The molecule has 0 fully saturated rings. The predicted octanol–water partition coefficient (Wildman–Crippen LogP) is 2.46. The minimum Gasteiger partial charge on any atom is -0.468 e. The van der Waals surface area contributed by atoms with Gasteiger partial charge in [-0.1, -0.05) is 6.07 Å². The molecule has 0 saturated heterocycles. The van der Waals surface area contributed by atoms with Crippen LogP contribution in [0.3, 0.4) is 0 Å². The van der Waals surface area contributed by atoms with Gasteiger partial charge < -0.3 is 10.5 Å². The van der Waals surface area contributed by atoms with E-state index in [1.807, 2.05) is 0 Å². The second-order valence-corrected chi connectivity index (χ2v) is 3.12.